The second-order valence-electron chi connectivity index (χ2n) is 3.66. The molecule has 2 rings (SSSR count). The summed E-state index contributed by atoms with van der Waals surface area (Å²) in [6, 6.07) is 3.90. The van der Waals surface area contributed by atoms with Gasteiger partial charge in [-0.1, -0.05) is 0 Å². The van der Waals surface area contributed by atoms with Crippen molar-refractivity contribution in [1.82, 2.24) is 4.57 Å². The topological polar surface area (TPSA) is 31.2 Å². The molecule has 0 radical (unpaired) electrons. The van der Waals surface area contributed by atoms with Gasteiger partial charge >= 0.3 is 0 Å². The number of hydrogen-bond donors (Lipinski definition) is 0. The van der Waals surface area contributed by atoms with E-state index >= 15 is 0 Å². The lowest BCUT2D eigenvalue weighted by atomic mass is 10.1. The number of nitrogens with zero attached hydrogens (tertiary/aromatic N) is 1. The van der Waals surface area contributed by atoms with Crippen LogP contribution in [0.2, 0.25) is 0 Å². The molecular formula is C12H12BrNO2. The van der Waals surface area contributed by atoms with E-state index in [1.807, 2.05) is 30.7 Å². The lowest BCUT2D eigenvalue weighted by Gasteiger charge is -2.05. The van der Waals surface area contributed by atoms with E-state index in [2.05, 4.69) is 15.9 Å². The van der Waals surface area contributed by atoms with Crippen LogP contribution in [-0.2, 0) is 7.05 Å². The molecule has 4 heteroatoms. The third-order valence-corrected chi connectivity index (χ3v) is 3.51. The Labute approximate surface area is 102 Å². The van der Waals surface area contributed by atoms with Gasteiger partial charge in [-0.25, -0.2) is 0 Å². The van der Waals surface area contributed by atoms with Crippen molar-refractivity contribution in [2.24, 2.45) is 7.05 Å². The van der Waals surface area contributed by atoms with E-state index in [1.54, 1.807) is 7.11 Å². The predicted molar refractivity (Wildman–Crippen MR) is 67.3 cm³/mol. The highest BCUT2D eigenvalue weighted by atomic mass is 79.9. The quantitative estimate of drug-likeness (QED) is 0.793. The molecule has 0 saturated heterocycles. The van der Waals surface area contributed by atoms with Gasteiger partial charge in [-0.05, 0) is 40.5 Å². The smallest absolute Gasteiger partial charge is 0.166 e. The molecule has 0 N–H and O–H groups in total. The normalized spacial score (nSPS) is 10.8. The maximum Gasteiger partial charge on any atom is 0.166 e. The molecule has 2 aromatic rings. The number of halogens is 1. The Hall–Kier alpha value is -1.29. The zero-order chi connectivity index (χ0) is 11.9. The van der Waals surface area contributed by atoms with E-state index in [-0.39, 0.29) is 0 Å². The fourth-order valence-corrected chi connectivity index (χ4v) is 2.56. The van der Waals surface area contributed by atoms with Gasteiger partial charge in [-0.3, -0.25) is 4.79 Å². The van der Waals surface area contributed by atoms with Crippen LogP contribution in [0.4, 0.5) is 0 Å². The van der Waals surface area contributed by atoms with Crippen LogP contribution in [0.1, 0.15) is 16.1 Å². The number of hydrogen-bond acceptors (Lipinski definition) is 2. The number of rotatable bonds is 2. The molecule has 0 amide bonds. The maximum absolute atomic E-state index is 11.0. The molecule has 16 heavy (non-hydrogen) atoms. The molecule has 0 fully saturated rings. The van der Waals surface area contributed by atoms with Gasteiger partial charge in [-0.15, -0.1) is 0 Å². The molecule has 0 aliphatic carbocycles. The van der Waals surface area contributed by atoms with E-state index in [9.17, 15) is 4.79 Å². The maximum atomic E-state index is 11.0. The second-order valence-corrected chi connectivity index (χ2v) is 4.52. The highest BCUT2D eigenvalue weighted by Gasteiger charge is 2.16. The van der Waals surface area contributed by atoms with Gasteiger partial charge in [0.05, 0.1) is 22.8 Å². The average molecular weight is 282 g/mol. The Morgan fingerprint density at radius 1 is 1.44 bits per heavy atom. The summed E-state index contributed by atoms with van der Waals surface area (Å²) in [6.45, 7) is 1.93. The Bertz CT molecular complexity index is 572. The van der Waals surface area contributed by atoms with Gasteiger partial charge in [-0.2, -0.15) is 0 Å². The summed E-state index contributed by atoms with van der Waals surface area (Å²) in [7, 11) is 3.51. The van der Waals surface area contributed by atoms with Crippen molar-refractivity contribution in [1.29, 1.82) is 0 Å². The second kappa shape index (κ2) is 3.94. The summed E-state index contributed by atoms with van der Waals surface area (Å²) in [5.41, 5.74) is 2.64. The molecule has 0 atom stereocenters. The van der Waals surface area contributed by atoms with Crippen molar-refractivity contribution in [2.75, 3.05) is 7.11 Å². The first-order valence-electron chi connectivity index (χ1n) is 4.88. The molecule has 1 aromatic carbocycles. The summed E-state index contributed by atoms with van der Waals surface area (Å²) in [4.78, 5) is 11.0. The van der Waals surface area contributed by atoms with Crippen LogP contribution in [0.3, 0.4) is 0 Å². The number of carbonyl (C=O) groups excluding carboxylic acids is 1. The molecule has 0 spiro atoms. The van der Waals surface area contributed by atoms with Crippen molar-refractivity contribution in [3.63, 3.8) is 0 Å². The fourth-order valence-electron chi connectivity index (χ4n) is 2.07. The molecule has 0 aliphatic heterocycles. The van der Waals surface area contributed by atoms with Gasteiger partial charge in [0, 0.05) is 12.4 Å². The van der Waals surface area contributed by atoms with Gasteiger partial charge in [0.1, 0.15) is 5.75 Å². The minimum absolute atomic E-state index is 0.686. The lowest BCUT2D eigenvalue weighted by Crippen LogP contribution is -1.94. The fraction of sp³-hybridized carbons (Fsp3) is 0.250. The zero-order valence-corrected chi connectivity index (χ0v) is 11.0. The Morgan fingerprint density at radius 2 is 2.12 bits per heavy atom. The predicted octanol–water partition coefficient (Wildman–Crippen LogP) is 3.07. The number of aromatic nitrogens is 1. The minimum Gasteiger partial charge on any atom is -0.495 e. The summed E-state index contributed by atoms with van der Waals surface area (Å²) < 4.78 is 8.15. The average Bonchev–Trinajstić information content (AvgIpc) is 2.51. The van der Waals surface area contributed by atoms with Crippen LogP contribution >= 0.6 is 15.9 Å². The third kappa shape index (κ3) is 1.37. The molecule has 3 nitrogen and oxygen atoms in total. The molecule has 0 bridgehead atoms. The van der Waals surface area contributed by atoms with E-state index in [1.165, 1.54) is 0 Å². The Kier molecular flexibility index (Phi) is 2.76. The number of methoxy groups -OCH3 is 1. The molecular weight excluding hydrogens is 270 g/mol. The summed E-state index contributed by atoms with van der Waals surface area (Å²) >= 11 is 3.44. The van der Waals surface area contributed by atoms with Crippen molar-refractivity contribution >= 4 is 33.1 Å². The lowest BCUT2D eigenvalue weighted by molar-refractivity contribution is 0.111. The highest BCUT2D eigenvalue weighted by Crippen LogP contribution is 2.37. The number of fused-ring (bicyclic) bond motifs is 1. The zero-order valence-electron chi connectivity index (χ0n) is 9.37. The third-order valence-electron chi connectivity index (χ3n) is 2.89. The molecule has 1 heterocycles. The molecule has 1 aromatic heterocycles. The standard InChI is InChI=1S/C12H12BrNO2/c1-7-10(6-15)14(2)9-5-4-8(13)12(16-3)11(7)9/h4-6H,1-3H3. The van der Waals surface area contributed by atoms with Gasteiger partial charge in [0.2, 0.25) is 0 Å². The van der Waals surface area contributed by atoms with Gasteiger partial charge < -0.3 is 9.30 Å². The van der Waals surface area contributed by atoms with Crippen LogP contribution in [0.5, 0.6) is 5.75 Å². The molecule has 0 aliphatic rings. The largest absolute Gasteiger partial charge is 0.495 e. The molecule has 0 saturated carbocycles. The highest BCUT2D eigenvalue weighted by molar-refractivity contribution is 9.10. The monoisotopic (exact) mass is 281 g/mol. The van der Waals surface area contributed by atoms with Crippen molar-refractivity contribution in [2.45, 2.75) is 6.92 Å². The van der Waals surface area contributed by atoms with Crippen molar-refractivity contribution in [3.05, 3.63) is 27.9 Å². The van der Waals surface area contributed by atoms with E-state index in [4.69, 9.17) is 4.74 Å². The van der Waals surface area contributed by atoms with Gasteiger partial charge in [0.15, 0.2) is 6.29 Å². The number of benzene rings is 1. The first-order chi connectivity index (χ1) is 7.61. The van der Waals surface area contributed by atoms with Crippen LogP contribution in [-0.4, -0.2) is 18.0 Å². The van der Waals surface area contributed by atoms with Crippen LogP contribution in [0, 0.1) is 6.92 Å². The van der Waals surface area contributed by atoms with Crippen LogP contribution in [0.15, 0.2) is 16.6 Å². The minimum atomic E-state index is 0.686. The number of carbonyl (C=O) groups is 1. The summed E-state index contributed by atoms with van der Waals surface area (Å²) in [6.07, 6.45) is 0.878. The van der Waals surface area contributed by atoms with E-state index in [0.717, 1.165) is 33.0 Å². The SMILES string of the molecule is COc1c(Br)ccc2c1c(C)c(C=O)n2C. The van der Waals surface area contributed by atoms with E-state index < -0.39 is 0 Å². The number of aryl methyl sites for hydroxylation is 2. The summed E-state index contributed by atoms with van der Waals surface area (Å²) in [5, 5.41) is 0.987. The van der Waals surface area contributed by atoms with Crippen LogP contribution in [0.25, 0.3) is 10.9 Å². The van der Waals surface area contributed by atoms with Gasteiger partial charge in [0.25, 0.3) is 0 Å². The number of aldehydes is 1. The summed E-state index contributed by atoms with van der Waals surface area (Å²) in [5.74, 6) is 0.777. The first-order valence-corrected chi connectivity index (χ1v) is 5.67. The van der Waals surface area contributed by atoms with E-state index in [0.29, 0.717) is 5.69 Å². The van der Waals surface area contributed by atoms with Crippen LogP contribution < -0.4 is 4.74 Å². The Balaban J connectivity index is 2.99. The molecule has 0 unspecified atom stereocenters. The van der Waals surface area contributed by atoms with Crippen molar-refractivity contribution in [3.8, 4) is 5.75 Å². The number of ether oxygens (including phenoxy) is 1. The van der Waals surface area contributed by atoms with Crippen molar-refractivity contribution < 1.29 is 9.53 Å². The first kappa shape index (κ1) is 11.2. The molecule has 84 valence electrons. The Morgan fingerprint density at radius 3 is 2.69 bits per heavy atom.